The highest BCUT2D eigenvalue weighted by molar-refractivity contribution is 5.47. The monoisotopic (exact) mass is 209 g/mol. The average Bonchev–Trinajstić information content (AvgIpc) is 2.25. The lowest BCUT2D eigenvalue weighted by Gasteiger charge is -2.24. The molecule has 0 aromatic heterocycles. The molecule has 2 rings (SSSR count). The van der Waals surface area contributed by atoms with E-state index in [9.17, 15) is 4.39 Å². The molecular weight excluding hydrogens is 193 g/mol. The van der Waals surface area contributed by atoms with Crippen molar-refractivity contribution < 1.29 is 9.13 Å². The van der Waals surface area contributed by atoms with Crippen LogP contribution in [-0.4, -0.2) is 19.3 Å². The first kappa shape index (κ1) is 10.4. The molecule has 2 nitrogen and oxygen atoms in total. The third-order valence-corrected chi connectivity index (χ3v) is 2.64. The maximum Gasteiger partial charge on any atom is 0.146 e. The van der Waals surface area contributed by atoms with Crippen molar-refractivity contribution in [2.45, 2.75) is 25.8 Å². The first-order valence-electron chi connectivity index (χ1n) is 5.36. The summed E-state index contributed by atoms with van der Waals surface area (Å²) in [6, 6.07) is 5.36. The average molecular weight is 209 g/mol. The predicted octanol–water partition coefficient (Wildman–Crippen LogP) is 2.73. The standard InChI is InChI=1S/C12H16FNO/c1-9-4-5-11(13)12(7-9)14-10-3-2-6-15-8-10/h4-5,7,10,14H,2-3,6,8H2,1H3. The fraction of sp³-hybridized carbons (Fsp3) is 0.500. The van der Waals surface area contributed by atoms with E-state index < -0.39 is 0 Å². The summed E-state index contributed by atoms with van der Waals surface area (Å²) in [6.45, 7) is 3.46. The maximum atomic E-state index is 13.4. The largest absolute Gasteiger partial charge is 0.379 e. The van der Waals surface area contributed by atoms with Crippen LogP contribution in [0.25, 0.3) is 0 Å². The first-order valence-corrected chi connectivity index (χ1v) is 5.36. The zero-order valence-corrected chi connectivity index (χ0v) is 8.92. The summed E-state index contributed by atoms with van der Waals surface area (Å²) < 4.78 is 18.8. The SMILES string of the molecule is Cc1ccc(F)c(NC2CCCOC2)c1. The van der Waals surface area contributed by atoms with Gasteiger partial charge in [0.25, 0.3) is 0 Å². The van der Waals surface area contributed by atoms with Crippen LogP contribution >= 0.6 is 0 Å². The minimum atomic E-state index is -0.189. The summed E-state index contributed by atoms with van der Waals surface area (Å²) in [4.78, 5) is 0. The lowest BCUT2D eigenvalue weighted by Crippen LogP contribution is -2.30. The van der Waals surface area contributed by atoms with Crippen LogP contribution in [0, 0.1) is 12.7 Å². The molecule has 0 spiro atoms. The van der Waals surface area contributed by atoms with E-state index in [-0.39, 0.29) is 11.9 Å². The zero-order valence-electron chi connectivity index (χ0n) is 8.92. The van der Waals surface area contributed by atoms with E-state index in [1.807, 2.05) is 13.0 Å². The Balaban J connectivity index is 2.05. The van der Waals surface area contributed by atoms with Gasteiger partial charge >= 0.3 is 0 Å². The summed E-state index contributed by atoms with van der Waals surface area (Å²) >= 11 is 0. The van der Waals surface area contributed by atoms with Gasteiger partial charge in [-0.05, 0) is 37.5 Å². The highest BCUT2D eigenvalue weighted by Gasteiger charge is 2.14. The number of anilines is 1. The topological polar surface area (TPSA) is 21.3 Å². The first-order chi connectivity index (χ1) is 7.25. The molecule has 15 heavy (non-hydrogen) atoms. The van der Waals surface area contributed by atoms with Crippen molar-refractivity contribution in [2.75, 3.05) is 18.5 Å². The molecule has 0 aliphatic carbocycles. The Hall–Kier alpha value is -1.09. The second kappa shape index (κ2) is 4.62. The second-order valence-electron chi connectivity index (χ2n) is 4.04. The third-order valence-electron chi connectivity index (χ3n) is 2.64. The van der Waals surface area contributed by atoms with Crippen molar-refractivity contribution >= 4 is 5.69 Å². The Kier molecular flexibility index (Phi) is 3.21. The maximum absolute atomic E-state index is 13.4. The van der Waals surface area contributed by atoms with Gasteiger partial charge < -0.3 is 10.1 Å². The van der Waals surface area contributed by atoms with Crippen molar-refractivity contribution in [2.24, 2.45) is 0 Å². The number of ether oxygens (including phenoxy) is 1. The van der Waals surface area contributed by atoms with Gasteiger partial charge in [-0.2, -0.15) is 0 Å². The molecular formula is C12H16FNO. The summed E-state index contributed by atoms with van der Waals surface area (Å²) in [5.74, 6) is -0.189. The molecule has 1 aliphatic heterocycles. The van der Waals surface area contributed by atoms with Gasteiger partial charge in [-0.25, -0.2) is 4.39 Å². The molecule has 1 aromatic rings. The van der Waals surface area contributed by atoms with E-state index >= 15 is 0 Å². The zero-order chi connectivity index (χ0) is 10.7. The Labute approximate surface area is 89.4 Å². The molecule has 0 saturated carbocycles. The lowest BCUT2D eigenvalue weighted by atomic mass is 10.1. The number of aryl methyl sites for hydroxylation is 1. The molecule has 1 saturated heterocycles. The summed E-state index contributed by atoms with van der Waals surface area (Å²) in [7, 11) is 0. The smallest absolute Gasteiger partial charge is 0.146 e. The van der Waals surface area contributed by atoms with Gasteiger partial charge in [0.05, 0.1) is 12.3 Å². The fourth-order valence-corrected chi connectivity index (χ4v) is 1.82. The van der Waals surface area contributed by atoms with E-state index in [1.54, 1.807) is 6.07 Å². The van der Waals surface area contributed by atoms with E-state index in [0.717, 1.165) is 25.0 Å². The van der Waals surface area contributed by atoms with Crippen LogP contribution in [-0.2, 0) is 4.74 Å². The number of benzene rings is 1. The minimum absolute atomic E-state index is 0.189. The molecule has 0 amide bonds. The molecule has 0 radical (unpaired) electrons. The van der Waals surface area contributed by atoms with Crippen LogP contribution < -0.4 is 5.32 Å². The predicted molar refractivity (Wildman–Crippen MR) is 58.6 cm³/mol. The number of hydrogen-bond donors (Lipinski definition) is 1. The van der Waals surface area contributed by atoms with Gasteiger partial charge in [0, 0.05) is 12.6 Å². The van der Waals surface area contributed by atoms with Crippen molar-refractivity contribution in [3.63, 3.8) is 0 Å². The van der Waals surface area contributed by atoms with Crippen molar-refractivity contribution in [1.29, 1.82) is 0 Å². The van der Waals surface area contributed by atoms with Crippen LogP contribution in [0.5, 0.6) is 0 Å². The van der Waals surface area contributed by atoms with Crippen LogP contribution in [0.2, 0.25) is 0 Å². The van der Waals surface area contributed by atoms with Gasteiger partial charge in [0.2, 0.25) is 0 Å². The number of rotatable bonds is 2. The minimum Gasteiger partial charge on any atom is -0.379 e. The number of halogens is 1. The quantitative estimate of drug-likeness (QED) is 0.808. The Bertz CT molecular complexity index is 334. The summed E-state index contributed by atoms with van der Waals surface area (Å²) in [5, 5.41) is 3.19. The van der Waals surface area contributed by atoms with Crippen LogP contribution in [0.1, 0.15) is 18.4 Å². The molecule has 1 atom stereocenters. The molecule has 0 bridgehead atoms. The highest BCUT2D eigenvalue weighted by Crippen LogP contribution is 2.19. The molecule has 1 fully saturated rings. The molecule has 1 unspecified atom stereocenters. The second-order valence-corrected chi connectivity index (χ2v) is 4.04. The van der Waals surface area contributed by atoms with E-state index in [1.165, 1.54) is 6.07 Å². The van der Waals surface area contributed by atoms with Crippen molar-refractivity contribution in [3.8, 4) is 0 Å². The fourth-order valence-electron chi connectivity index (χ4n) is 1.82. The van der Waals surface area contributed by atoms with Gasteiger partial charge in [-0.15, -0.1) is 0 Å². The summed E-state index contributed by atoms with van der Waals surface area (Å²) in [5.41, 5.74) is 1.65. The normalized spacial score (nSPS) is 21.3. The molecule has 1 N–H and O–H groups in total. The van der Waals surface area contributed by atoms with Crippen LogP contribution in [0.3, 0.4) is 0 Å². The van der Waals surface area contributed by atoms with Gasteiger partial charge in [-0.3, -0.25) is 0 Å². The van der Waals surface area contributed by atoms with Gasteiger partial charge in [-0.1, -0.05) is 6.07 Å². The van der Waals surface area contributed by atoms with Gasteiger partial charge in [0.1, 0.15) is 5.82 Å². The number of hydrogen-bond acceptors (Lipinski definition) is 2. The van der Waals surface area contributed by atoms with E-state index in [0.29, 0.717) is 12.3 Å². The molecule has 1 aliphatic rings. The lowest BCUT2D eigenvalue weighted by molar-refractivity contribution is 0.0875. The van der Waals surface area contributed by atoms with Gasteiger partial charge in [0.15, 0.2) is 0 Å². The Morgan fingerprint density at radius 2 is 2.33 bits per heavy atom. The molecule has 1 aromatic carbocycles. The van der Waals surface area contributed by atoms with E-state index in [4.69, 9.17) is 4.74 Å². The third kappa shape index (κ3) is 2.69. The summed E-state index contributed by atoms with van der Waals surface area (Å²) in [6.07, 6.45) is 2.10. The Morgan fingerprint density at radius 3 is 3.07 bits per heavy atom. The van der Waals surface area contributed by atoms with Crippen molar-refractivity contribution in [3.05, 3.63) is 29.6 Å². The van der Waals surface area contributed by atoms with E-state index in [2.05, 4.69) is 5.32 Å². The molecule has 1 heterocycles. The van der Waals surface area contributed by atoms with Crippen LogP contribution in [0.15, 0.2) is 18.2 Å². The van der Waals surface area contributed by atoms with Crippen LogP contribution in [0.4, 0.5) is 10.1 Å². The van der Waals surface area contributed by atoms with Crippen molar-refractivity contribution in [1.82, 2.24) is 0 Å². The highest BCUT2D eigenvalue weighted by atomic mass is 19.1. The molecule has 3 heteroatoms. The number of nitrogens with one attached hydrogen (secondary N) is 1. The Morgan fingerprint density at radius 1 is 1.47 bits per heavy atom. The molecule has 82 valence electrons.